The van der Waals surface area contributed by atoms with Crippen LogP contribution in [-0.2, 0) is 10.5 Å². The van der Waals surface area contributed by atoms with Crippen molar-refractivity contribution in [3.63, 3.8) is 0 Å². The van der Waals surface area contributed by atoms with Crippen molar-refractivity contribution in [2.45, 2.75) is 19.6 Å². The monoisotopic (exact) mass is 315 g/mol. The van der Waals surface area contributed by atoms with Gasteiger partial charge >= 0.3 is 0 Å². The molecule has 0 aliphatic rings. The predicted octanol–water partition coefficient (Wildman–Crippen LogP) is 3.55. The Morgan fingerprint density at radius 1 is 1.35 bits per heavy atom. The molecule has 2 nitrogen and oxygen atoms in total. The molecule has 0 aliphatic carbocycles. The highest BCUT2D eigenvalue weighted by Crippen LogP contribution is 2.17. The molecule has 0 radical (unpaired) electrons. The third-order valence-corrected chi connectivity index (χ3v) is 3.98. The molecule has 1 amide bonds. The van der Waals surface area contributed by atoms with Gasteiger partial charge in [0.1, 0.15) is 0 Å². The van der Waals surface area contributed by atoms with Crippen molar-refractivity contribution in [2.24, 2.45) is 0 Å². The van der Waals surface area contributed by atoms with Crippen LogP contribution in [0.1, 0.15) is 19.4 Å². The van der Waals surface area contributed by atoms with E-state index < -0.39 is 0 Å². The summed E-state index contributed by atoms with van der Waals surface area (Å²) in [7, 11) is 0. The van der Waals surface area contributed by atoms with Crippen molar-refractivity contribution < 1.29 is 4.79 Å². The molecule has 4 heteroatoms. The van der Waals surface area contributed by atoms with E-state index in [1.807, 2.05) is 30.9 Å². The Kier molecular flexibility index (Phi) is 6.66. The van der Waals surface area contributed by atoms with Gasteiger partial charge < -0.3 is 4.90 Å². The molecular formula is C13H18BrNOS. The van der Waals surface area contributed by atoms with Gasteiger partial charge in [0.05, 0.1) is 5.75 Å². The van der Waals surface area contributed by atoms with Crippen molar-refractivity contribution in [3.8, 4) is 0 Å². The molecule has 94 valence electrons. The fraction of sp³-hybridized carbons (Fsp3) is 0.462. The molecule has 0 saturated carbocycles. The summed E-state index contributed by atoms with van der Waals surface area (Å²) >= 11 is 5.11. The molecule has 0 atom stereocenters. The van der Waals surface area contributed by atoms with Gasteiger partial charge in [-0.3, -0.25) is 4.79 Å². The molecule has 0 aliphatic heterocycles. The van der Waals surface area contributed by atoms with E-state index in [4.69, 9.17) is 0 Å². The van der Waals surface area contributed by atoms with Gasteiger partial charge in [0.2, 0.25) is 5.91 Å². The second kappa shape index (κ2) is 7.77. The first-order chi connectivity index (χ1) is 8.17. The minimum Gasteiger partial charge on any atom is -0.343 e. The summed E-state index contributed by atoms with van der Waals surface area (Å²) in [5.41, 5.74) is 1.25. The maximum atomic E-state index is 11.8. The van der Waals surface area contributed by atoms with Crippen LogP contribution >= 0.6 is 27.7 Å². The fourth-order valence-corrected chi connectivity index (χ4v) is 2.87. The number of hydrogen-bond acceptors (Lipinski definition) is 2. The van der Waals surface area contributed by atoms with Gasteiger partial charge in [0, 0.05) is 23.3 Å². The Morgan fingerprint density at radius 2 is 2.06 bits per heavy atom. The van der Waals surface area contributed by atoms with Crippen LogP contribution in [0.15, 0.2) is 28.7 Å². The lowest BCUT2D eigenvalue weighted by Crippen LogP contribution is -2.31. The Balaban J connectivity index is 2.35. The highest BCUT2D eigenvalue weighted by molar-refractivity contribution is 9.10. The van der Waals surface area contributed by atoms with Crippen LogP contribution in [-0.4, -0.2) is 29.6 Å². The summed E-state index contributed by atoms with van der Waals surface area (Å²) in [4.78, 5) is 13.6. The summed E-state index contributed by atoms with van der Waals surface area (Å²) in [6, 6.07) is 8.20. The maximum absolute atomic E-state index is 11.8. The van der Waals surface area contributed by atoms with Crippen molar-refractivity contribution in [2.75, 3.05) is 18.8 Å². The van der Waals surface area contributed by atoms with Gasteiger partial charge in [0.25, 0.3) is 0 Å². The SMILES string of the molecule is CCN(CC)C(=O)CSCc1cccc(Br)c1. The topological polar surface area (TPSA) is 20.3 Å². The van der Waals surface area contributed by atoms with Gasteiger partial charge in [-0.1, -0.05) is 28.1 Å². The summed E-state index contributed by atoms with van der Waals surface area (Å²) in [5, 5.41) is 0. The third-order valence-electron chi connectivity index (χ3n) is 2.50. The van der Waals surface area contributed by atoms with Crippen LogP contribution in [0.4, 0.5) is 0 Å². The predicted molar refractivity (Wildman–Crippen MR) is 78.2 cm³/mol. The van der Waals surface area contributed by atoms with Crippen LogP contribution in [0.25, 0.3) is 0 Å². The molecule has 0 heterocycles. The second-order valence-corrected chi connectivity index (χ2v) is 5.59. The minimum absolute atomic E-state index is 0.231. The number of hydrogen-bond donors (Lipinski definition) is 0. The zero-order valence-electron chi connectivity index (χ0n) is 10.3. The number of nitrogens with zero attached hydrogens (tertiary/aromatic N) is 1. The van der Waals surface area contributed by atoms with Crippen LogP contribution in [0.5, 0.6) is 0 Å². The summed E-state index contributed by atoms with van der Waals surface area (Å²) < 4.78 is 1.09. The third kappa shape index (κ3) is 5.13. The molecule has 1 aromatic carbocycles. The first-order valence-corrected chi connectivity index (χ1v) is 7.72. The number of amides is 1. The van der Waals surface area contributed by atoms with Crippen LogP contribution in [0.3, 0.4) is 0 Å². The molecule has 0 fully saturated rings. The van der Waals surface area contributed by atoms with Crippen molar-refractivity contribution in [1.82, 2.24) is 4.90 Å². The highest BCUT2D eigenvalue weighted by Gasteiger charge is 2.08. The fourth-order valence-electron chi connectivity index (χ4n) is 1.55. The number of thioether (sulfide) groups is 1. The Labute approximate surface area is 116 Å². The Bertz CT molecular complexity index is 366. The number of carbonyl (C=O) groups excluding carboxylic acids is 1. The van der Waals surface area contributed by atoms with E-state index in [2.05, 4.69) is 28.1 Å². The lowest BCUT2D eigenvalue weighted by molar-refractivity contribution is -0.127. The normalized spacial score (nSPS) is 10.3. The van der Waals surface area contributed by atoms with Gasteiger partial charge in [-0.05, 0) is 31.5 Å². The largest absolute Gasteiger partial charge is 0.343 e. The molecule has 1 rings (SSSR count). The minimum atomic E-state index is 0.231. The summed E-state index contributed by atoms with van der Waals surface area (Å²) in [6.07, 6.45) is 0. The average Bonchev–Trinajstić information content (AvgIpc) is 2.30. The summed E-state index contributed by atoms with van der Waals surface area (Å²) in [5.74, 6) is 1.68. The average molecular weight is 316 g/mol. The van der Waals surface area contributed by atoms with Crippen molar-refractivity contribution in [1.29, 1.82) is 0 Å². The van der Waals surface area contributed by atoms with Gasteiger partial charge in [-0.15, -0.1) is 11.8 Å². The number of carbonyl (C=O) groups is 1. The second-order valence-electron chi connectivity index (χ2n) is 3.69. The lowest BCUT2D eigenvalue weighted by atomic mass is 10.2. The standard InChI is InChI=1S/C13H18BrNOS/c1-3-15(4-2)13(16)10-17-9-11-6-5-7-12(14)8-11/h5-8H,3-4,9-10H2,1-2H3. The van der Waals surface area contributed by atoms with Crippen molar-refractivity contribution in [3.05, 3.63) is 34.3 Å². The molecule has 0 saturated heterocycles. The van der Waals surface area contributed by atoms with Gasteiger partial charge in [-0.25, -0.2) is 0 Å². The van der Waals surface area contributed by atoms with Gasteiger partial charge in [-0.2, -0.15) is 0 Å². The van der Waals surface area contributed by atoms with Crippen molar-refractivity contribution >= 4 is 33.6 Å². The molecular weight excluding hydrogens is 298 g/mol. The molecule has 0 bridgehead atoms. The number of benzene rings is 1. The number of halogens is 1. The lowest BCUT2D eigenvalue weighted by Gasteiger charge is -2.18. The Hall–Kier alpha value is -0.480. The molecule has 1 aromatic rings. The van der Waals surface area contributed by atoms with E-state index in [9.17, 15) is 4.79 Å². The maximum Gasteiger partial charge on any atom is 0.232 e. The van der Waals surface area contributed by atoms with E-state index >= 15 is 0 Å². The molecule has 0 unspecified atom stereocenters. The van der Waals surface area contributed by atoms with Crippen LogP contribution in [0, 0.1) is 0 Å². The van der Waals surface area contributed by atoms with E-state index in [0.717, 1.165) is 23.3 Å². The summed E-state index contributed by atoms with van der Waals surface area (Å²) in [6.45, 7) is 5.63. The molecule has 0 aromatic heterocycles. The van der Waals surface area contributed by atoms with Crippen LogP contribution < -0.4 is 0 Å². The smallest absolute Gasteiger partial charge is 0.232 e. The molecule has 0 spiro atoms. The quantitative estimate of drug-likeness (QED) is 0.800. The Morgan fingerprint density at radius 3 is 2.65 bits per heavy atom. The van der Waals surface area contributed by atoms with E-state index in [1.165, 1.54) is 5.56 Å². The highest BCUT2D eigenvalue weighted by atomic mass is 79.9. The molecule has 0 N–H and O–H groups in total. The van der Waals surface area contributed by atoms with Crippen LogP contribution in [0.2, 0.25) is 0 Å². The number of rotatable bonds is 6. The first kappa shape index (κ1) is 14.6. The van der Waals surface area contributed by atoms with E-state index in [1.54, 1.807) is 11.8 Å². The molecule has 17 heavy (non-hydrogen) atoms. The van der Waals surface area contributed by atoms with E-state index in [0.29, 0.717) is 5.75 Å². The first-order valence-electron chi connectivity index (χ1n) is 5.77. The van der Waals surface area contributed by atoms with Gasteiger partial charge in [0.15, 0.2) is 0 Å². The zero-order valence-corrected chi connectivity index (χ0v) is 12.7. The van der Waals surface area contributed by atoms with E-state index in [-0.39, 0.29) is 5.91 Å². The zero-order chi connectivity index (χ0) is 12.7.